The molecule has 2 aliphatic carbocycles. The first-order chi connectivity index (χ1) is 9.84. The van der Waals surface area contributed by atoms with E-state index in [4.69, 9.17) is 5.73 Å². The van der Waals surface area contributed by atoms with E-state index in [0.29, 0.717) is 0 Å². The Morgan fingerprint density at radius 2 is 1.95 bits per heavy atom. The van der Waals surface area contributed by atoms with E-state index in [1.54, 1.807) is 0 Å². The van der Waals surface area contributed by atoms with E-state index in [1.165, 1.54) is 19.3 Å². The number of amides is 1. The third-order valence-electron chi connectivity index (χ3n) is 6.00. The Kier molecular flexibility index (Phi) is 3.36. The number of carbonyl (C=O) groups excluding carboxylic acids is 1. The minimum Gasteiger partial charge on any atom is -0.351 e. The average molecular weight is 286 g/mol. The molecule has 2 saturated carbocycles. The Labute approximate surface area is 127 Å². The van der Waals surface area contributed by atoms with Crippen LogP contribution in [0.25, 0.3) is 0 Å². The summed E-state index contributed by atoms with van der Waals surface area (Å²) >= 11 is 0. The van der Waals surface area contributed by atoms with Crippen molar-refractivity contribution in [3.05, 3.63) is 35.9 Å². The van der Waals surface area contributed by atoms with Crippen molar-refractivity contribution in [2.75, 3.05) is 0 Å². The van der Waals surface area contributed by atoms with Crippen molar-refractivity contribution in [1.82, 2.24) is 5.32 Å². The summed E-state index contributed by atoms with van der Waals surface area (Å²) in [5, 5.41) is 3.28. The van der Waals surface area contributed by atoms with E-state index in [9.17, 15) is 4.79 Å². The lowest BCUT2D eigenvalue weighted by Gasteiger charge is -2.43. The molecule has 0 heterocycles. The van der Waals surface area contributed by atoms with Crippen LogP contribution in [0.2, 0.25) is 0 Å². The molecule has 1 aromatic rings. The van der Waals surface area contributed by atoms with Crippen molar-refractivity contribution >= 4 is 5.91 Å². The Hall–Kier alpha value is -1.35. The highest BCUT2D eigenvalue weighted by atomic mass is 16.2. The van der Waals surface area contributed by atoms with E-state index < -0.39 is 6.04 Å². The van der Waals surface area contributed by atoms with Crippen LogP contribution in [-0.4, -0.2) is 11.9 Å². The van der Waals surface area contributed by atoms with Crippen LogP contribution in [0.15, 0.2) is 30.3 Å². The Morgan fingerprint density at radius 1 is 1.29 bits per heavy atom. The minimum atomic E-state index is -0.579. The zero-order valence-corrected chi connectivity index (χ0v) is 13.2. The molecule has 3 rings (SSSR count). The van der Waals surface area contributed by atoms with Gasteiger partial charge < -0.3 is 11.1 Å². The fourth-order valence-electron chi connectivity index (χ4n) is 4.71. The van der Waals surface area contributed by atoms with Gasteiger partial charge in [0.25, 0.3) is 0 Å². The predicted molar refractivity (Wildman–Crippen MR) is 84.5 cm³/mol. The first-order valence-electron chi connectivity index (χ1n) is 7.95. The van der Waals surface area contributed by atoms with E-state index in [2.05, 4.69) is 26.1 Å². The highest BCUT2D eigenvalue weighted by molar-refractivity contribution is 5.83. The number of benzene rings is 1. The highest BCUT2D eigenvalue weighted by Crippen LogP contribution is 2.62. The summed E-state index contributed by atoms with van der Waals surface area (Å²) in [6.45, 7) is 6.91. The van der Waals surface area contributed by atoms with Gasteiger partial charge in [0.05, 0.1) is 0 Å². The molecule has 0 radical (unpaired) electrons. The zero-order chi connectivity index (χ0) is 15.3. The Morgan fingerprint density at radius 3 is 2.52 bits per heavy atom. The lowest BCUT2D eigenvalue weighted by Crippen LogP contribution is -2.54. The molecule has 2 aliphatic rings. The zero-order valence-electron chi connectivity index (χ0n) is 13.2. The fourth-order valence-corrected chi connectivity index (χ4v) is 4.71. The third kappa shape index (κ3) is 2.28. The van der Waals surface area contributed by atoms with Crippen molar-refractivity contribution in [3.63, 3.8) is 0 Å². The molecule has 21 heavy (non-hydrogen) atoms. The van der Waals surface area contributed by atoms with Crippen LogP contribution in [0.4, 0.5) is 0 Å². The van der Waals surface area contributed by atoms with Gasteiger partial charge in [-0.1, -0.05) is 51.1 Å². The van der Waals surface area contributed by atoms with Gasteiger partial charge in [-0.25, -0.2) is 0 Å². The lowest BCUT2D eigenvalue weighted by atomic mass is 9.68. The third-order valence-corrected chi connectivity index (χ3v) is 6.00. The summed E-state index contributed by atoms with van der Waals surface area (Å²) < 4.78 is 0. The first-order valence-corrected chi connectivity index (χ1v) is 7.95. The van der Waals surface area contributed by atoms with Crippen molar-refractivity contribution < 1.29 is 4.79 Å². The van der Waals surface area contributed by atoms with Gasteiger partial charge in [0, 0.05) is 6.04 Å². The molecule has 2 bridgehead atoms. The second-order valence-electron chi connectivity index (χ2n) is 7.75. The summed E-state index contributed by atoms with van der Waals surface area (Å²) in [6, 6.07) is 9.26. The van der Waals surface area contributed by atoms with Gasteiger partial charge in [-0.05, 0) is 41.6 Å². The second-order valence-corrected chi connectivity index (χ2v) is 7.75. The molecule has 0 spiro atoms. The number of carbonyl (C=O) groups is 1. The highest BCUT2D eigenvalue weighted by Gasteiger charge is 2.59. The SMILES string of the molecule is CC12CCC(C1)C(C)(C)C2NC(=O)[C@@H](N)c1ccccc1. The van der Waals surface area contributed by atoms with Crippen molar-refractivity contribution in [3.8, 4) is 0 Å². The maximum atomic E-state index is 12.6. The molecule has 1 aromatic carbocycles. The smallest absolute Gasteiger partial charge is 0.241 e. The minimum absolute atomic E-state index is 0.0481. The van der Waals surface area contributed by atoms with Gasteiger partial charge in [0.1, 0.15) is 6.04 Å². The molecule has 4 atom stereocenters. The van der Waals surface area contributed by atoms with Crippen molar-refractivity contribution in [1.29, 1.82) is 0 Å². The van der Waals surface area contributed by atoms with Crippen LogP contribution in [0.5, 0.6) is 0 Å². The van der Waals surface area contributed by atoms with Crippen molar-refractivity contribution in [2.24, 2.45) is 22.5 Å². The maximum absolute atomic E-state index is 12.6. The number of fused-ring (bicyclic) bond motifs is 2. The standard InChI is InChI=1S/C18H26N2O/c1-17(2)13-9-10-18(3,11-13)16(17)20-15(21)14(19)12-7-5-4-6-8-12/h4-8,13-14,16H,9-11,19H2,1-3H3,(H,20,21)/t13?,14-,16?,18?/m0/s1. The van der Waals surface area contributed by atoms with Crippen LogP contribution in [0.1, 0.15) is 51.6 Å². The van der Waals surface area contributed by atoms with Gasteiger partial charge in [0.15, 0.2) is 0 Å². The van der Waals surface area contributed by atoms with E-state index in [-0.39, 0.29) is 22.8 Å². The molecule has 3 nitrogen and oxygen atoms in total. The molecule has 0 aromatic heterocycles. The fraction of sp³-hybridized carbons (Fsp3) is 0.611. The van der Waals surface area contributed by atoms with Crippen LogP contribution >= 0.6 is 0 Å². The first kappa shape index (κ1) is 14.6. The topological polar surface area (TPSA) is 55.1 Å². The Balaban J connectivity index is 1.76. The van der Waals surface area contributed by atoms with Crippen LogP contribution in [-0.2, 0) is 4.79 Å². The molecule has 0 saturated heterocycles. The normalized spacial score (nSPS) is 34.7. The number of hydrogen-bond acceptors (Lipinski definition) is 2. The van der Waals surface area contributed by atoms with E-state index >= 15 is 0 Å². The molecule has 3 unspecified atom stereocenters. The predicted octanol–water partition coefficient (Wildman–Crippen LogP) is 3.02. The number of nitrogens with two attached hydrogens (primary N) is 1. The maximum Gasteiger partial charge on any atom is 0.241 e. The second kappa shape index (κ2) is 4.84. The van der Waals surface area contributed by atoms with Gasteiger partial charge in [-0.2, -0.15) is 0 Å². The van der Waals surface area contributed by atoms with Gasteiger partial charge in [-0.3, -0.25) is 4.79 Å². The van der Waals surface area contributed by atoms with Crippen LogP contribution in [0, 0.1) is 16.7 Å². The quantitative estimate of drug-likeness (QED) is 0.897. The molecule has 3 N–H and O–H groups in total. The van der Waals surface area contributed by atoms with Crippen LogP contribution < -0.4 is 11.1 Å². The van der Waals surface area contributed by atoms with Crippen LogP contribution in [0.3, 0.4) is 0 Å². The molecular weight excluding hydrogens is 260 g/mol. The number of hydrogen-bond donors (Lipinski definition) is 2. The largest absolute Gasteiger partial charge is 0.351 e. The molecule has 0 aliphatic heterocycles. The lowest BCUT2D eigenvalue weighted by molar-refractivity contribution is -0.125. The molecular formula is C18H26N2O. The number of nitrogens with one attached hydrogen (secondary N) is 1. The van der Waals surface area contributed by atoms with Gasteiger partial charge >= 0.3 is 0 Å². The molecule has 3 heteroatoms. The van der Waals surface area contributed by atoms with E-state index in [0.717, 1.165) is 11.5 Å². The van der Waals surface area contributed by atoms with E-state index in [1.807, 2.05) is 30.3 Å². The molecule has 114 valence electrons. The summed E-state index contributed by atoms with van der Waals surface area (Å²) in [5.74, 6) is 0.675. The summed E-state index contributed by atoms with van der Waals surface area (Å²) in [4.78, 5) is 12.6. The summed E-state index contributed by atoms with van der Waals surface area (Å²) in [5.41, 5.74) is 7.41. The monoisotopic (exact) mass is 286 g/mol. The average Bonchev–Trinajstić information content (AvgIpc) is 2.94. The number of rotatable bonds is 3. The van der Waals surface area contributed by atoms with Gasteiger partial charge in [-0.15, -0.1) is 0 Å². The Bertz CT molecular complexity index is 535. The summed E-state index contributed by atoms with van der Waals surface area (Å²) in [6.07, 6.45) is 3.73. The molecule has 1 amide bonds. The van der Waals surface area contributed by atoms with Gasteiger partial charge in [0.2, 0.25) is 5.91 Å². The summed E-state index contributed by atoms with van der Waals surface area (Å²) in [7, 11) is 0. The van der Waals surface area contributed by atoms with Crippen molar-refractivity contribution in [2.45, 2.75) is 52.1 Å². The molecule has 2 fully saturated rings.